The second-order valence-electron chi connectivity index (χ2n) is 5.79. The van der Waals surface area contributed by atoms with Gasteiger partial charge in [-0.3, -0.25) is 9.59 Å². The molecular weight excluding hydrogens is 330 g/mol. The summed E-state index contributed by atoms with van der Waals surface area (Å²) in [5.74, 6) is -0.813. The van der Waals surface area contributed by atoms with Crippen molar-refractivity contribution >= 4 is 23.7 Å². The van der Waals surface area contributed by atoms with Gasteiger partial charge in [0, 0.05) is 5.69 Å². The fourth-order valence-corrected chi connectivity index (χ4v) is 2.11. The SMILES string of the molecule is CCCCOc1ccc(/C=N\NC(=O)C(=O)Nc2cccc(C)c2)cc1. The molecule has 2 N–H and O–H groups in total. The lowest BCUT2D eigenvalue weighted by molar-refractivity contribution is -0.136. The first kappa shape index (κ1) is 19.2. The molecule has 26 heavy (non-hydrogen) atoms. The van der Waals surface area contributed by atoms with Crippen LogP contribution in [0.2, 0.25) is 0 Å². The van der Waals surface area contributed by atoms with Crippen LogP contribution in [0.4, 0.5) is 5.69 Å². The predicted octanol–water partition coefficient (Wildman–Crippen LogP) is 3.26. The van der Waals surface area contributed by atoms with Gasteiger partial charge in [0.15, 0.2) is 0 Å². The van der Waals surface area contributed by atoms with Crippen LogP contribution in [-0.4, -0.2) is 24.6 Å². The molecule has 0 aliphatic carbocycles. The van der Waals surface area contributed by atoms with Crippen molar-refractivity contribution in [3.63, 3.8) is 0 Å². The van der Waals surface area contributed by atoms with Crippen LogP contribution in [0.3, 0.4) is 0 Å². The highest BCUT2D eigenvalue weighted by Crippen LogP contribution is 2.11. The van der Waals surface area contributed by atoms with Gasteiger partial charge in [-0.05, 0) is 60.9 Å². The number of anilines is 1. The van der Waals surface area contributed by atoms with E-state index in [0.29, 0.717) is 12.3 Å². The van der Waals surface area contributed by atoms with E-state index in [2.05, 4.69) is 22.8 Å². The van der Waals surface area contributed by atoms with E-state index < -0.39 is 11.8 Å². The minimum atomic E-state index is -0.831. The lowest BCUT2D eigenvalue weighted by Gasteiger charge is -2.05. The molecule has 0 atom stereocenters. The number of carbonyl (C=O) groups excluding carboxylic acids is 2. The Morgan fingerprint density at radius 2 is 1.88 bits per heavy atom. The normalized spacial score (nSPS) is 10.5. The summed E-state index contributed by atoms with van der Waals surface area (Å²) in [7, 11) is 0. The average Bonchev–Trinajstić information content (AvgIpc) is 2.63. The second kappa shape index (κ2) is 9.98. The van der Waals surface area contributed by atoms with E-state index in [1.165, 1.54) is 6.21 Å². The van der Waals surface area contributed by atoms with Crippen LogP contribution < -0.4 is 15.5 Å². The summed E-state index contributed by atoms with van der Waals surface area (Å²) < 4.78 is 5.57. The van der Waals surface area contributed by atoms with Crippen molar-refractivity contribution in [1.29, 1.82) is 0 Å². The number of aryl methyl sites for hydroxylation is 1. The predicted molar refractivity (Wildman–Crippen MR) is 102 cm³/mol. The summed E-state index contributed by atoms with van der Waals surface area (Å²) in [5, 5.41) is 6.32. The maximum absolute atomic E-state index is 11.8. The first-order valence-electron chi connectivity index (χ1n) is 8.52. The fraction of sp³-hybridized carbons (Fsp3) is 0.250. The molecule has 2 rings (SSSR count). The molecule has 0 aromatic heterocycles. The van der Waals surface area contributed by atoms with Crippen LogP contribution in [0.1, 0.15) is 30.9 Å². The van der Waals surface area contributed by atoms with Crippen molar-refractivity contribution in [3.05, 3.63) is 59.7 Å². The highest BCUT2D eigenvalue weighted by atomic mass is 16.5. The number of benzene rings is 2. The molecule has 6 nitrogen and oxygen atoms in total. The molecule has 2 aromatic rings. The van der Waals surface area contributed by atoms with E-state index in [4.69, 9.17) is 4.74 Å². The molecule has 136 valence electrons. The summed E-state index contributed by atoms with van der Waals surface area (Å²) in [6, 6.07) is 14.5. The van der Waals surface area contributed by atoms with E-state index in [9.17, 15) is 9.59 Å². The van der Waals surface area contributed by atoms with Crippen molar-refractivity contribution in [2.45, 2.75) is 26.7 Å². The molecule has 0 aliphatic heterocycles. The third-order valence-electron chi connectivity index (χ3n) is 3.51. The van der Waals surface area contributed by atoms with Gasteiger partial charge < -0.3 is 10.1 Å². The maximum Gasteiger partial charge on any atom is 0.329 e. The van der Waals surface area contributed by atoms with Gasteiger partial charge in [-0.2, -0.15) is 5.10 Å². The molecular formula is C20H23N3O3. The highest BCUT2D eigenvalue weighted by Gasteiger charge is 2.12. The third-order valence-corrected chi connectivity index (χ3v) is 3.51. The van der Waals surface area contributed by atoms with Crippen LogP contribution in [-0.2, 0) is 9.59 Å². The smallest absolute Gasteiger partial charge is 0.329 e. The van der Waals surface area contributed by atoms with Crippen molar-refractivity contribution in [3.8, 4) is 5.75 Å². The van der Waals surface area contributed by atoms with Gasteiger partial charge in [-0.1, -0.05) is 25.5 Å². The second-order valence-corrected chi connectivity index (χ2v) is 5.79. The first-order valence-corrected chi connectivity index (χ1v) is 8.52. The van der Waals surface area contributed by atoms with Crippen LogP contribution in [0.5, 0.6) is 5.75 Å². The zero-order valence-electron chi connectivity index (χ0n) is 15.0. The molecule has 0 saturated carbocycles. The summed E-state index contributed by atoms with van der Waals surface area (Å²) in [6.07, 6.45) is 3.56. The molecule has 0 aliphatic rings. The Morgan fingerprint density at radius 3 is 2.58 bits per heavy atom. The number of ether oxygens (including phenoxy) is 1. The zero-order chi connectivity index (χ0) is 18.8. The summed E-state index contributed by atoms with van der Waals surface area (Å²) in [6.45, 7) is 4.70. The number of hydrogen-bond donors (Lipinski definition) is 2. The van der Waals surface area contributed by atoms with E-state index in [1.807, 2.05) is 37.3 Å². The molecule has 2 amide bonds. The van der Waals surface area contributed by atoms with Crippen molar-refractivity contribution in [2.75, 3.05) is 11.9 Å². The summed E-state index contributed by atoms with van der Waals surface area (Å²) in [5.41, 5.74) is 4.55. The van der Waals surface area contributed by atoms with Gasteiger partial charge in [0.2, 0.25) is 0 Å². The van der Waals surface area contributed by atoms with Gasteiger partial charge in [0.05, 0.1) is 12.8 Å². The minimum absolute atomic E-state index is 0.563. The number of amides is 2. The van der Waals surface area contributed by atoms with Crippen LogP contribution in [0, 0.1) is 6.92 Å². The van der Waals surface area contributed by atoms with Gasteiger partial charge in [0.25, 0.3) is 0 Å². The Labute approximate surface area is 153 Å². The number of nitrogens with zero attached hydrogens (tertiary/aromatic N) is 1. The first-order chi connectivity index (χ1) is 12.6. The standard InChI is InChI=1S/C20H23N3O3/c1-3-4-12-26-18-10-8-16(9-11-18)14-21-23-20(25)19(24)22-17-7-5-6-15(2)13-17/h5-11,13-14H,3-4,12H2,1-2H3,(H,22,24)(H,23,25)/b21-14-. The molecule has 0 bridgehead atoms. The molecule has 0 unspecified atom stereocenters. The molecule has 6 heteroatoms. The Bertz CT molecular complexity index is 770. The topological polar surface area (TPSA) is 79.8 Å². The van der Waals surface area contributed by atoms with Crippen LogP contribution in [0.15, 0.2) is 53.6 Å². The maximum atomic E-state index is 11.8. The molecule has 0 heterocycles. The Morgan fingerprint density at radius 1 is 1.12 bits per heavy atom. The fourth-order valence-electron chi connectivity index (χ4n) is 2.11. The Kier molecular flexibility index (Phi) is 7.36. The molecule has 0 radical (unpaired) electrons. The molecule has 0 spiro atoms. The third kappa shape index (κ3) is 6.39. The van der Waals surface area contributed by atoms with Gasteiger partial charge >= 0.3 is 11.8 Å². The summed E-state index contributed by atoms with van der Waals surface area (Å²) >= 11 is 0. The van der Waals surface area contributed by atoms with Crippen LogP contribution in [0.25, 0.3) is 0 Å². The highest BCUT2D eigenvalue weighted by molar-refractivity contribution is 6.39. The number of hydrogen-bond acceptors (Lipinski definition) is 4. The monoisotopic (exact) mass is 353 g/mol. The van der Waals surface area contributed by atoms with Crippen molar-refractivity contribution in [1.82, 2.24) is 5.43 Å². The van der Waals surface area contributed by atoms with Crippen molar-refractivity contribution in [2.24, 2.45) is 5.10 Å². The largest absolute Gasteiger partial charge is 0.494 e. The van der Waals surface area contributed by atoms with Crippen molar-refractivity contribution < 1.29 is 14.3 Å². The van der Waals surface area contributed by atoms with Gasteiger partial charge in [-0.15, -0.1) is 0 Å². The lowest BCUT2D eigenvalue weighted by Crippen LogP contribution is -2.32. The van der Waals surface area contributed by atoms with Gasteiger partial charge in [-0.25, -0.2) is 5.43 Å². The molecule has 2 aromatic carbocycles. The Hall–Kier alpha value is -3.15. The van der Waals surface area contributed by atoms with Crippen LogP contribution >= 0.6 is 0 Å². The number of hydrazone groups is 1. The number of rotatable bonds is 7. The Balaban J connectivity index is 1.81. The lowest BCUT2D eigenvalue weighted by atomic mass is 10.2. The number of nitrogens with one attached hydrogen (secondary N) is 2. The zero-order valence-corrected chi connectivity index (χ0v) is 15.0. The van der Waals surface area contributed by atoms with Gasteiger partial charge in [0.1, 0.15) is 5.75 Å². The van der Waals surface area contributed by atoms with E-state index in [0.717, 1.165) is 29.7 Å². The minimum Gasteiger partial charge on any atom is -0.494 e. The molecule has 0 fully saturated rings. The summed E-state index contributed by atoms with van der Waals surface area (Å²) in [4.78, 5) is 23.6. The number of unbranched alkanes of at least 4 members (excludes halogenated alkanes) is 1. The quantitative estimate of drug-likeness (QED) is 0.347. The number of carbonyl (C=O) groups is 2. The van der Waals surface area contributed by atoms with E-state index in [-0.39, 0.29) is 0 Å². The average molecular weight is 353 g/mol. The molecule has 0 saturated heterocycles. The van der Waals surface area contributed by atoms with E-state index >= 15 is 0 Å². The van der Waals surface area contributed by atoms with E-state index in [1.54, 1.807) is 18.2 Å².